The van der Waals surface area contributed by atoms with E-state index in [9.17, 15) is 0 Å². The van der Waals surface area contributed by atoms with Crippen molar-refractivity contribution in [2.45, 2.75) is 30.1 Å². The predicted octanol–water partition coefficient (Wildman–Crippen LogP) is 3.01. The maximum absolute atomic E-state index is 5.51. The van der Waals surface area contributed by atoms with Crippen molar-refractivity contribution in [1.82, 2.24) is 19.9 Å². The van der Waals surface area contributed by atoms with Gasteiger partial charge in [-0.05, 0) is 53.7 Å². The summed E-state index contributed by atoms with van der Waals surface area (Å²) in [4.78, 5) is 17.0. The number of halogens is 1. The van der Waals surface area contributed by atoms with Gasteiger partial charge in [-0.2, -0.15) is 15.0 Å². The van der Waals surface area contributed by atoms with Gasteiger partial charge in [0.2, 0.25) is 11.1 Å². The van der Waals surface area contributed by atoms with Crippen molar-refractivity contribution in [2.75, 3.05) is 12.4 Å². The number of rotatable bonds is 5. The van der Waals surface area contributed by atoms with Gasteiger partial charge in [-0.1, -0.05) is 0 Å². The van der Waals surface area contributed by atoms with Gasteiger partial charge >= 0.3 is 6.01 Å². The minimum Gasteiger partial charge on any atom is -0.461 e. The van der Waals surface area contributed by atoms with Gasteiger partial charge in [0.05, 0.1) is 6.10 Å². The molecule has 0 radical (unpaired) electrons. The van der Waals surface area contributed by atoms with Gasteiger partial charge in [0.15, 0.2) is 0 Å². The highest BCUT2D eigenvalue weighted by atomic mass is 79.9. The first kappa shape index (κ1) is 15.0. The van der Waals surface area contributed by atoms with E-state index in [-0.39, 0.29) is 6.10 Å². The van der Waals surface area contributed by atoms with E-state index in [1.54, 1.807) is 13.2 Å². The van der Waals surface area contributed by atoms with Crippen LogP contribution in [0.2, 0.25) is 0 Å². The van der Waals surface area contributed by atoms with Crippen LogP contribution in [-0.4, -0.2) is 33.1 Å². The number of anilines is 1. The molecule has 20 heavy (non-hydrogen) atoms. The van der Waals surface area contributed by atoms with E-state index in [4.69, 9.17) is 4.74 Å². The van der Waals surface area contributed by atoms with E-state index in [0.717, 1.165) is 9.50 Å². The van der Waals surface area contributed by atoms with E-state index in [1.165, 1.54) is 11.8 Å². The Kier molecular flexibility index (Phi) is 5.13. The number of hydrogen-bond acceptors (Lipinski definition) is 7. The Balaban J connectivity index is 2.23. The molecule has 0 bridgehead atoms. The summed E-state index contributed by atoms with van der Waals surface area (Å²) >= 11 is 4.70. The van der Waals surface area contributed by atoms with Crippen LogP contribution in [-0.2, 0) is 0 Å². The van der Waals surface area contributed by atoms with E-state index < -0.39 is 0 Å². The van der Waals surface area contributed by atoms with Crippen LogP contribution in [0, 0.1) is 0 Å². The zero-order valence-electron chi connectivity index (χ0n) is 11.3. The van der Waals surface area contributed by atoms with E-state index in [0.29, 0.717) is 17.1 Å². The smallest absolute Gasteiger partial charge is 0.322 e. The summed E-state index contributed by atoms with van der Waals surface area (Å²) in [5, 5.41) is 4.23. The minimum absolute atomic E-state index is 0.00533. The van der Waals surface area contributed by atoms with Crippen molar-refractivity contribution in [3.63, 3.8) is 0 Å². The lowest BCUT2D eigenvalue weighted by Gasteiger charge is -2.09. The molecule has 2 rings (SSSR count). The van der Waals surface area contributed by atoms with Gasteiger partial charge in [-0.3, -0.25) is 0 Å². The highest BCUT2D eigenvalue weighted by Crippen LogP contribution is 2.25. The summed E-state index contributed by atoms with van der Waals surface area (Å²) in [5.74, 6) is 0.468. The average molecular weight is 356 g/mol. The molecule has 0 amide bonds. The fraction of sp³-hybridized carbons (Fsp3) is 0.333. The van der Waals surface area contributed by atoms with Crippen LogP contribution in [0.1, 0.15) is 13.8 Å². The molecule has 1 N–H and O–H groups in total. The molecule has 2 aromatic heterocycles. The van der Waals surface area contributed by atoms with Crippen LogP contribution in [0.25, 0.3) is 0 Å². The van der Waals surface area contributed by atoms with E-state index in [1.807, 2.05) is 26.0 Å². The van der Waals surface area contributed by atoms with Gasteiger partial charge in [-0.25, -0.2) is 4.98 Å². The molecule has 0 aliphatic rings. The molecule has 0 spiro atoms. The van der Waals surface area contributed by atoms with Crippen LogP contribution in [0.4, 0.5) is 5.95 Å². The molecular weight excluding hydrogens is 342 g/mol. The van der Waals surface area contributed by atoms with Gasteiger partial charge < -0.3 is 10.1 Å². The number of aromatic nitrogens is 4. The Hall–Kier alpha value is -1.41. The lowest BCUT2D eigenvalue weighted by atomic mass is 10.5. The second kappa shape index (κ2) is 6.85. The summed E-state index contributed by atoms with van der Waals surface area (Å²) in [6.45, 7) is 3.85. The van der Waals surface area contributed by atoms with Crippen LogP contribution in [0.15, 0.2) is 33.0 Å². The Morgan fingerprint density at radius 2 is 2.05 bits per heavy atom. The predicted molar refractivity (Wildman–Crippen MR) is 81.2 cm³/mol. The van der Waals surface area contributed by atoms with E-state index >= 15 is 0 Å². The molecule has 0 aromatic carbocycles. The average Bonchev–Trinajstić information content (AvgIpc) is 2.40. The van der Waals surface area contributed by atoms with Crippen LogP contribution >= 0.6 is 27.7 Å². The standard InChI is InChI=1S/C12H14BrN5OS/c1-7(2)19-11-16-10(14-3)17-12(18-11)20-9-5-4-8(13)6-15-9/h4-7H,1-3H3,(H,14,16,17,18). The molecule has 0 atom stereocenters. The topological polar surface area (TPSA) is 72.8 Å². The minimum atomic E-state index is 0.00533. The molecule has 2 aromatic rings. The van der Waals surface area contributed by atoms with Crippen LogP contribution in [0.5, 0.6) is 6.01 Å². The molecule has 0 saturated heterocycles. The lowest BCUT2D eigenvalue weighted by Crippen LogP contribution is -2.11. The summed E-state index contributed by atoms with van der Waals surface area (Å²) in [6.07, 6.45) is 1.74. The lowest BCUT2D eigenvalue weighted by molar-refractivity contribution is 0.219. The van der Waals surface area contributed by atoms with Crippen LogP contribution < -0.4 is 10.1 Å². The first-order valence-corrected chi connectivity index (χ1v) is 7.57. The summed E-state index contributed by atoms with van der Waals surface area (Å²) in [7, 11) is 1.75. The number of pyridine rings is 1. The SMILES string of the molecule is CNc1nc(OC(C)C)nc(Sc2ccc(Br)cn2)n1. The highest BCUT2D eigenvalue weighted by Gasteiger charge is 2.10. The molecule has 0 aliphatic carbocycles. The molecule has 6 nitrogen and oxygen atoms in total. The third-order valence-electron chi connectivity index (χ3n) is 2.06. The second-order valence-corrected chi connectivity index (χ2v) is 5.96. The van der Waals surface area contributed by atoms with Gasteiger partial charge in [0.1, 0.15) is 5.03 Å². The Labute approximate surface area is 129 Å². The van der Waals surface area contributed by atoms with Crippen molar-refractivity contribution >= 4 is 33.6 Å². The molecule has 0 aliphatic heterocycles. The summed E-state index contributed by atoms with van der Waals surface area (Å²) in [6, 6.07) is 4.11. The van der Waals surface area contributed by atoms with Crippen LogP contribution in [0.3, 0.4) is 0 Å². The first-order valence-electron chi connectivity index (χ1n) is 5.96. The monoisotopic (exact) mass is 355 g/mol. The number of nitrogens with zero attached hydrogens (tertiary/aromatic N) is 4. The third-order valence-corrected chi connectivity index (χ3v) is 3.34. The largest absolute Gasteiger partial charge is 0.461 e. The van der Waals surface area contributed by atoms with Crippen molar-refractivity contribution in [1.29, 1.82) is 0 Å². The molecule has 0 fully saturated rings. The Morgan fingerprint density at radius 1 is 1.25 bits per heavy atom. The molecular formula is C12H14BrN5OS. The maximum Gasteiger partial charge on any atom is 0.322 e. The quantitative estimate of drug-likeness (QED) is 0.883. The zero-order chi connectivity index (χ0) is 14.5. The van der Waals surface area contributed by atoms with Gasteiger partial charge in [-0.15, -0.1) is 0 Å². The molecule has 0 unspecified atom stereocenters. The Morgan fingerprint density at radius 3 is 2.65 bits per heavy atom. The van der Waals surface area contributed by atoms with Gasteiger partial charge in [0, 0.05) is 17.7 Å². The zero-order valence-corrected chi connectivity index (χ0v) is 13.7. The fourth-order valence-electron chi connectivity index (χ4n) is 1.28. The first-order chi connectivity index (χ1) is 9.56. The van der Waals surface area contributed by atoms with Crippen molar-refractivity contribution in [3.05, 3.63) is 22.8 Å². The van der Waals surface area contributed by atoms with Crippen molar-refractivity contribution in [2.24, 2.45) is 0 Å². The van der Waals surface area contributed by atoms with Crippen molar-refractivity contribution < 1.29 is 4.74 Å². The number of ether oxygens (including phenoxy) is 1. The summed E-state index contributed by atoms with van der Waals surface area (Å²) < 4.78 is 6.44. The summed E-state index contributed by atoms with van der Waals surface area (Å²) in [5.41, 5.74) is 0. The molecule has 106 valence electrons. The number of nitrogens with one attached hydrogen (secondary N) is 1. The second-order valence-electron chi connectivity index (χ2n) is 4.06. The normalized spacial score (nSPS) is 10.7. The van der Waals surface area contributed by atoms with E-state index in [2.05, 4.69) is 41.2 Å². The molecule has 2 heterocycles. The fourth-order valence-corrected chi connectivity index (χ4v) is 2.19. The maximum atomic E-state index is 5.51. The molecule has 0 saturated carbocycles. The number of hydrogen-bond donors (Lipinski definition) is 1. The highest BCUT2D eigenvalue weighted by molar-refractivity contribution is 9.10. The molecule has 8 heteroatoms. The Bertz CT molecular complexity index is 579. The van der Waals surface area contributed by atoms with Crippen molar-refractivity contribution in [3.8, 4) is 6.01 Å². The third kappa shape index (κ3) is 4.31. The van der Waals surface area contributed by atoms with Gasteiger partial charge in [0.25, 0.3) is 0 Å².